The summed E-state index contributed by atoms with van der Waals surface area (Å²) in [6, 6.07) is 6.49. The minimum atomic E-state index is -2.39. The van der Waals surface area contributed by atoms with E-state index in [1.54, 1.807) is 25.4 Å². The fraction of sp³-hybridized carbons (Fsp3) is 0.364. The molecule has 1 N–H and O–H groups in total. The monoisotopic (exact) mass is 420 g/mol. The van der Waals surface area contributed by atoms with Crippen LogP contribution in [0.1, 0.15) is 28.2 Å². The van der Waals surface area contributed by atoms with Gasteiger partial charge in [0.05, 0.1) is 28.8 Å². The summed E-state index contributed by atoms with van der Waals surface area (Å²) in [4.78, 5) is 24.1. The van der Waals surface area contributed by atoms with E-state index in [9.17, 15) is 10.0 Å². The number of fused-ring (bicyclic) bond motifs is 2. The highest BCUT2D eigenvalue weighted by molar-refractivity contribution is 5.62. The lowest BCUT2D eigenvalue weighted by atomic mass is 10.1. The Bertz CT molecular complexity index is 1510. The molecule has 5 heterocycles. The van der Waals surface area contributed by atoms with Crippen LogP contribution in [0.15, 0.2) is 41.5 Å². The zero-order valence-corrected chi connectivity index (χ0v) is 17.0. The molecule has 1 spiro atoms. The zero-order valence-electron chi connectivity index (χ0n) is 20.0. The highest BCUT2D eigenvalue weighted by Crippen LogP contribution is 2.43. The Morgan fingerprint density at radius 1 is 1.13 bits per heavy atom. The molecule has 0 amide bonds. The Morgan fingerprint density at radius 3 is 2.81 bits per heavy atom. The number of aromatic nitrogens is 5. The van der Waals surface area contributed by atoms with Gasteiger partial charge in [0.25, 0.3) is 5.56 Å². The SMILES string of the molecule is [2H]C([2H])([2H])c1cc(-c2cc(=O)n3cc(N4CCN(O)C5(CC5)C4)ccc3n2)nn2cc(C)nc12. The van der Waals surface area contributed by atoms with E-state index in [4.69, 9.17) is 4.11 Å². The number of anilines is 1. The quantitative estimate of drug-likeness (QED) is 0.531. The minimum absolute atomic E-state index is 0.0555. The van der Waals surface area contributed by atoms with Gasteiger partial charge in [-0.25, -0.2) is 14.5 Å². The van der Waals surface area contributed by atoms with Crippen molar-refractivity contribution in [2.75, 3.05) is 24.5 Å². The van der Waals surface area contributed by atoms with Crippen molar-refractivity contribution < 1.29 is 9.32 Å². The summed E-state index contributed by atoms with van der Waals surface area (Å²) < 4.78 is 26.6. The average Bonchev–Trinajstić information content (AvgIpc) is 3.45. The molecule has 158 valence electrons. The fourth-order valence-electron chi connectivity index (χ4n) is 4.38. The van der Waals surface area contributed by atoms with Crippen LogP contribution in [0.2, 0.25) is 0 Å². The predicted molar refractivity (Wildman–Crippen MR) is 116 cm³/mol. The fourth-order valence-corrected chi connectivity index (χ4v) is 4.38. The van der Waals surface area contributed by atoms with E-state index in [1.807, 2.05) is 6.07 Å². The maximum Gasteiger partial charge on any atom is 0.258 e. The number of nitrogens with zero attached hydrogens (tertiary/aromatic N) is 7. The number of hydrogen-bond acceptors (Lipinski definition) is 7. The van der Waals surface area contributed by atoms with Crippen LogP contribution >= 0.6 is 0 Å². The van der Waals surface area contributed by atoms with Gasteiger partial charge in [-0.3, -0.25) is 9.20 Å². The molecule has 9 nitrogen and oxygen atoms in total. The van der Waals surface area contributed by atoms with Gasteiger partial charge in [-0.15, -0.1) is 0 Å². The second kappa shape index (κ2) is 6.35. The number of pyridine rings is 1. The maximum absolute atomic E-state index is 13.0. The number of piperazine rings is 1. The van der Waals surface area contributed by atoms with Gasteiger partial charge in [-0.05, 0) is 50.4 Å². The van der Waals surface area contributed by atoms with E-state index in [-0.39, 0.29) is 28.0 Å². The number of hydrogen-bond donors (Lipinski definition) is 1. The summed E-state index contributed by atoms with van der Waals surface area (Å²) in [5.74, 6) is 0. The number of hydroxylamine groups is 2. The molecule has 2 aliphatic rings. The van der Waals surface area contributed by atoms with Crippen molar-refractivity contribution in [2.45, 2.75) is 32.2 Å². The van der Waals surface area contributed by atoms with E-state index in [0.29, 0.717) is 36.7 Å². The number of imidazole rings is 1. The summed E-state index contributed by atoms with van der Waals surface area (Å²) in [6.45, 7) is 1.30. The molecule has 1 saturated heterocycles. The van der Waals surface area contributed by atoms with E-state index in [1.165, 1.54) is 26.1 Å². The molecule has 31 heavy (non-hydrogen) atoms. The molecule has 6 rings (SSSR count). The first-order chi connectivity index (χ1) is 16.1. The molecule has 0 unspecified atom stereocenters. The Hall–Kier alpha value is -3.30. The molecule has 4 aromatic rings. The van der Waals surface area contributed by atoms with E-state index in [2.05, 4.69) is 20.0 Å². The molecular weight excluding hydrogens is 394 g/mol. The van der Waals surface area contributed by atoms with Crippen LogP contribution in [0, 0.1) is 13.8 Å². The van der Waals surface area contributed by atoms with Crippen LogP contribution in [0.25, 0.3) is 22.7 Å². The Morgan fingerprint density at radius 2 is 2.00 bits per heavy atom. The van der Waals surface area contributed by atoms with Crippen molar-refractivity contribution in [2.24, 2.45) is 0 Å². The van der Waals surface area contributed by atoms with Gasteiger partial charge in [0.1, 0.15) is 11.3 Å². The molecule has 1 aliphatic carbocycles. The van der Waals surface area contributed by atoms with Gasteiger partial charge >= 0.3 is 0 Å². The maximum atomic E-state index is 13.0. The summed E-state index contributed by atoms with van der Waals surface area (Å²) in [6.07, 6.45) is 5.34. The Balaban J connectivity index is 1.42. The summed E-state index contributed by atoms with van der Waals surface area (Å²) in [7, 11) is 0. The van der Waals surface area contributed by atoms with Gasteiger partial charge in [0.2, 0.25) is 0 Å². The lowest BCUT2D eigenvalue weighted by Gasteiger charge is -2.39. The Labute approximate surface area is 182 Å². The summed E-state index contributed by atoms with van der Waals surface area (Å²) >= 11 is 0. The molecule has 0 radical (unpaired) electrons. The van der Waals surface area contributed by atoms with Crippen LogP contribution in [0.3, 0.4) is 0 Å². The van der Waals surface area contributed by atoms with Crippen LogP contribution in [-0.2, 0) is 0 Å². The van der Waals surface area contributed by atoms with Crippen molar-refractivity contribution in [3.8, 4) is 11.4 Å². The highest BCUT2D eigenvalue weighted by Gasteiger charge is 2.51. The van der Waals surface area contributed by atoms with E-state index < -0.39 is 6.85 Å². The van der Waals surface area contributed by atoms with Crippen LogP contribution < -0.4 is 10.5 Å². The second-order valence-corrected chi connectivity index (χ2v) is 8.46. The van der Waals surface area contributed by atoms with Gasteiger partial charge in [0, 0.05) is 36.0 Å². The van der Waals surface area contributed by atoms with Crippen molar-refractivity contribution in [3.63, 3.8) is 0 Å². The van der Waals surface area contributed by atoms with Crippen molar-refractivity contribution in [3.05, 3.63) is 58.3 Å². The van der Waals surface area contributed by atoms with Gasteiger partial charge in [-0.1, -0.05) is 0 Å². The zero-order chi connectivity index (χ0) is 23.8. The third kappa shape index (κ3) is 2.92. The number of aryl methyl sites for hydroxylation is 2. The van der Waals surface area contributed by atoms with E-state index >= 15 is 0 Å². The molecule has 0 bridgehead atoms. The molecule has 1 saturated carbocycles. The van der Waals surface area contributed by atoms with Crippen molar-refractivity contribution >= 4 is 17.0 Å². The van der Waals surface area contributed by atoms with Gasteiger partial charge in [0.15, 0.2) is 5.65 Å². The van der Waals surface area contributed by atoms with Crippen LogP contribution in [0.4, 0.5) is 5.69 Å². The third-order valence-corrected chi connectivity index (χ3v) is 6.26. The molecule has 0 atom stereocenters. The second-order valence-electron chi connectivity index (χ2n) is 8.46. The first-order valence-electron chi connectivity index (χ1n) is 11.8. The van der Waals surface area contributed by atoms with Gasteiger partial charge in [-0.2, -0.15) is 10.2 Å². The lowest BCUT2D eigenvalue weighted by Crippen LogP contribution is -2.53. The lowest BCUT2D eigenvalue weighted by molar-refractivity contribution is -0.142. The smallest absolute Gasteiger partial charge is 0.258 e. The molecule has 2 fully saturated rings. The first-order valence-corrected chi connectivity index (χ1v) is 10.3. The summed E-state index contributed by atoms with van der Waals surface area (Å²) in [5, 5.41) is 16.1. The first kappa shape index (κ1) is 15.5. The normalized spacial score (nSPS) is 20.2. The average molecular weight is 420 g/mol. The van der Waals surface area contributed by atoms with E-state index in [0.717, 1.165) is 18.5 Å². The molecule has 4 aromatic heterocycles. The molecule has 1 aliphatic heterocycles. The summed E-state index contributed by atoms with van der Waals surface area (Å²) in [5.41, 5.74) is 2.41. The largest absolute Gasteiger partial charge is 0.367 e. The molecular formula is C22H23N7O2. The minimum Gasteiger partial charge on any atom is -0.367 e. The third-order valence-electron chi connectivity index (χ3n) is 6.26. The van der Waals surface area contributed by atoms with Crippen molar-refractivity contribution in [1.29, 1.82) is 0 Å². The van der Waals surface area contributed by atoms with Crippen molar-refractivity contribution in [1.82, 2.24) is 29.0 Å². The highest BCUT2D eigenvalue weighted by atomic mass is 16.5. The molecule has 9 heteroatoms. The van der Waals surface area contributed by atoms with Crippen LogP contribution in [-0.4, -0.2) is 59.4 Å². The van der Waals surface area contributed by atoms with Crippen LogP contribution in [0.5, 0.6) is 0 Å². The van der Waals surface area contributed by atoms with Gasteiger partial charge < -0.3 is 10.1 Å². The standard InChI is InChI=1S/C22H23N7O2/c1-14-9-18(25-28-11-15(2)23-21(14)28)17-10-20(30)27-12-16(3-4-19(27)24-17)26-7-8-29(31)22(13-26)5-6-22/h3-4,9-12,31H,5-8,13H2,1-2H3/i1D3. The Kier molecular flexibility index (Phi) is 3.17. The number of rotatable bonds is 2. The topological polar surface area (TPSA) is 91.3 Å². The predicted octanol–water partition coefficient (Wildman–Crippen LogP) is 2.06. The molecule has 0 aromatic carbocycles.